The lowest BCUT2D eigenvalue weighted by atomic mass is 9.97. The molecule has 1 aliphatic rings. The molecule has 0 radical (unpaired) electrons. The van der Waals surface area contributed by atoms with Crippen molar-refractivity contribution in [3.63, 3.8) is 0 Å². The van der Waals surface area contributed by atoms with Crippen LogP contribution in [-0.4, -0.2) is 20.7 Å². The number of benzene rings is 1. The molecule has 0 bridgehead atoms. The average molecular weight is 192 g/mol. The Morgan fingerprint density at radius 2 is 2.29 bits per heavy atom. The van der Waals surface area contributed by atoms with Gasteiger partial charge in [-0.3, -0.25) is 0 Å². The fraction of sp³-hybridized carbons (Fsp3) is 0.455. The van der Waals surface area contributed by atoms with E-state index in [2.05, 4.69) is 18.0 Å². The van der Waals surface area contributed by atoms with Crippen LogP contribution in [0.25, 0.3) is 0 Å². The van der Waals surface area contributed by atoms with Crippen molar-refractivity contribution in [1.82, 2.24) is 0 Å². The van der Waals surface area contributed by atoms with Crippen molar-refractivity contribution in [1.29, 1.82) is 0 Å². The zero-order valence-electron chi connectivity index (χ0n) is 8.66. The quantitative estimate of drug-likeness (QED) is 0.733. The normalized spacial score (nSPS) is 20.5. The van der Waals surface area contributed by atoms with Crippen LogP contribution in [0.2, 0.25) is 0 Å². The van der Waals surface area contributed by atoms with Gasteiger partial charge in [0.1, 0.15) is 5.75 Å². The van der Waals surface area contributed by atoms with Crippen molar-refractivity contribution < 1.29 is 4.74 Å². The highest BCUT2D eigenvalue weighted by atomic mass is 16.5. The fourth-order valence-electron chi connectivity index (χ4n) is 2.01. The summed E-state index contributed by atoms with van der Waals surface area (Å²) in [7, 11) is 3.77. The predicted octanol–water partition coefficient (Wildman–Crippen LogP) is 1.53. The highest BCUT2D eigenvalue weighted by Gasteiger charge is 2.22. The topological polar surface area (TPSA) is 38.5 Å². The summed E-state index contributed by atoms with van der Waals surface area (Å²) in [6.45, 7) is 0.995. The van der Waals surface area contributed by atoms with Crippen LogP contribution in [0.1, 0.15) is 18.0 Å². The SMILES string of the molecule is COc1cccc2c1N(C)CCC2N. The van der Waals surface area contributed by atoms with Crippen LogP contribution in [0, 0.1) is 0 Å². The Labute approximate surface area is 84.5 Å². The smallest absolute Gasteiger partial charge is 0.142 e. The lowest BCUT2D eigenvalue weighted by Crippen LogP contribution is -2.30. The van der Waals surface area contributed by atoms with E-state index in [-0.39, 0.29) is 6.04 Å². The summed E-state index contributed by atoms with van der Waals surface area (Å²) >= 11 is 0. The number of anilines is 1. The first-order valence-electron chi connectivity index (χ1n) is 4.87. The van der Waals surface area contributed by atoms with E-state index in [1.165, 1.54) is 5.56 Å². The van der Waals surface area contributed by atoms with Gasteiger partial charge in [-0.15, -0.1) is 0 Å². The van der Waals surface area contributed by atoms with Gasteiger partial charge in [0.25, 0.3) is 0 Å². The van der Waals surface area contributed by atoms with Gasteiger partial charge in [0.2, 0.25) is 0 Å². The molecule has 0 amide bonds. The van der Waals surface area contributed by atoms with E-state index in [4.69, 9.17) is 10.5 Å². The van der Waals surface area contributed by atoms with Gasteiger partial charge in [-0.2, -0.15) is 0 Å². The molecule has 0 aliphatic carbocycles. The summed E-state index contributed by atoms with van der Waals surface area (Å²) in [5.74, 6) is 0.917. The maximum atomic E-state index is 6.05. The van der Waals surface area contributed by atoms with E-state index in [1.54, 1.807) is 7.11 Å². The number of fused-ring (bicyclic) bond motifs is 1. The van der Waals surface area contributed by atoms with Gasteiger partial charge >= 0.3 is 0 Å². The molecule has 76 valence electrons. The first kappa shape index (κ1) is 9.34. The second-order valence-corrected chi connectivity index (χ2v) is 3.71. The molecule has 14 heavy (non-hydrogen) atoms. The number of hydrogen-bond donors (Lipinski definition) is 1. The number of methoxy groups -OCH3 is 1. The first-order valence-corrected chi connectivity index (χ1v) is 4.87. The van der Waals surface area contributed by atoms with Gasteiger partial charge in [-0.05, 0) is 18.1 Å². The van der Waals surface area contributed by atoms with Crippen LogP contribution >= 0.6 is 0 Å². The van der Waals surface area contributed by atoms with Crippen molar-refractivity contribution in [2.45, 2.75) is 12.5 Å². The van der Waals surface area contributed by atoms with Crippen LogP contribution in [0.3, 0.4) is 0 Å². The Balaban J connectivity index is 2.54. The number of para-hydroxylation sites is 1. The second kappa shape index (κ2) is 3.50. The maximum absolute atomic E-state index is 6.05. The van der Waals surface area contributed by atoms with Crippen molar-refractivity contribution in [3.05, 3.63) is 23.8 Å². The molecule has 1 unspecified atom stereocenters. The summed E-state index contributed by atoms with van der Waals surface area (Å²) in [6.07, 6.45) is 1.01. The molecule has 0 saturated heterocycles. The van der Waals surface area contributed by atoms with Gasteiger partial charge in [0.05, 0.1) is 12.8 Å². The third kappa shape index (κ3) is 1.34. The lowest BCUT2D eigenvalue weighted by Gasteiger charge is -2.32. The van der Waals surface area contributed by atoms with Gasteiger partial charge < -0.3 is 15.4 Å². The third-order valence-corrected chi connectivity index (χ3v) is 2.81. The first-order chi connectivity index (χ1) is 6.74. The van der Waals surface area contributed by atoms with Gasteiger partial charge in [0, 0.05) is 19.6 Å². The molecule has 0 saturated carbocycles. The molecule has 2 N–H and O–H groups in total. The second-order valence-electron chi connectivity index (χ2n) is 3.71. The maximum Gasteiger partial charge on any atom is 0.142 e. The molecule has 1 aromatic rings. The molecule has 1 atom stereocenters. The minimum atomic E-state index is 0.149. The molecule has 2 rings (SSSR count). The largest absolute Gasteiger partial charge is 0.495 e. The average Bonchev–Trinajstić information content (AvgIpc) is 2.23. The molecule has 0 spiro atoms. The summed E-state index contributed by atoms with van der Waals surface area (Å²) < 4.78 is 5.33. The van der Waals surface area contributed by atoms with Crippen molar-refractivity contribution >= 4 is 5.69 Å². The minimum absolute atomic E-state index is 0.149. The molecular weight excluding hydrogens is 176 g/mol. The Bertz CT molecular complexity index is 338. The van der Waals surface area contributed by atoms with E-state index in [9.17, 15) is 0 Å². The van der Waals surface area contributed by atoms with Crippen LogP contribution in [-0.2, 0) is 0 Å². The summed E-state index contributed by atoms with van der Waals surface area (Å²) in [4.78, 5) is 2.21. The van der Waals surface area contributed by atoms with Crippen molar-refractivity contribution in [3.8, 4) is 5.75 Å². The lowest BCUT2D eigenvalue weighted by molar-refractivity contribution is 0.411. The van der Waals surface area contributed by atoms with Crippen LogP contribution < -0.4 is 15.4 Å². The van der Waals surface area contributed by atoms with E-state index in [1.807, 2.05) is 12.1 Å². The molecular formula is C11H16N2O. The Morgan fingerprint density at radius 3 is 3.00 bits per heavy atom. The van der Waals surface area contributed by atoms with Crippen LogP contribution in [0.15, 0.2) is 18.2 Å². The predicted molar refractivity (Wildman–Crippen MR) is 57.8 cm³/mol. The zero-order chi connectivity index (χ0) is 10.1. The summed E-state index contributed by atoms with van der Waals surface area (Å²) in [6, 6.07) is 6.21. The van der Waals surface area contributed by atoms with E-state index >= 15 is 0 Å². The molecule has 0 fully saturated rings. The zero-order valence-corrected chi connectivity index (χ0v) is 8.66. The number of hydrogen-bond acceptors (Lipinski definition) is 3. The Hall–Kier alpha value is -1.22. The van der Waals surface area contributed by atoms with Crippen molar-refractivity contribution in [2.75, 3.05) is 25.6 Å². The molecule has 1 aliphatic heterocycles. The fourth-order valence-corrected chi connectivity index (χ4v) is 2.01. The van der Waals surface area contributed by atoms with Crippen LogP contribution in [0.4, 0.5) is 5.69 Å². The Morgan fingerprint density at radius 1 is 1.50 bits per heavy atom. The van der Waals surface area contributed by atoms with Crippen molar-refractivity contribution in [2.24, 2.45) is 5.73 Å². The van der Waals surface area contributed by atoms with E-state index in [0.717, 1.165) is 24.4 Å². The monoisotopic (exact) mass is 192 g/mol. The number of nitrogens with two attached hydrogens (primary N) is 1. The molecule has 3 heteroatoms. The molecule has 1 aromatic carbocycles. The van der Waals surface area contributed by atoms with E-state index < -0.39 is 0 Å². The number of ether oxygens (including phenoxy) is 1. The molecule has 3 nitrogen and oxygen atoms in total. The van der Waals surface area contributed by atoms with Gasteiger partial charge in [-0.1, -0.05) is 12.1 Å². The molecule has 1 heterocycles. The van der Waals surface area contributed by atoms with Crippen LogP contribution in [0.5, 0.6) is 5.75 Å². The minimum Gasteiger partial charge on any atom is -0.495 e. The number of rotatable bonds is 1. The van der Waals surface area contributed by atoms with E-state index in [0.29, 0.717) is 0 Å². The Kier molecular flexibility index (Phi) is 2.33. The summed E-state index contributed by atoms with van der Waals surface area (Å²) in [5, 5.41) is 0. The standard InChI is InChI=1S/C11H16N2O/c1-13-7-6-9(12)8-4-3-5-10(14-2)11(8)13/h3-5,9H,6-7,12H2,1-2H3. The summed E-state index contributed by atoms with van der Waals surface area (Å²) in [5.41, 5.74) is 8.39. The number of nitrogens with zero attached hydrogens (tertiary/aromatic N) is 1. The highest BCUT2D eigenvalue weighted by molar-refractivity contribution is 5.65. The molecule has 0 aromatic heterocycles. The van der Waals surface area contributed by atoms with Gasteiger partial charge in [-0.25, -0.2) is 0 Å². The van der Waals surface area contributed by atoms with Gasteiger partial charge in [0.15, 0.2) is 0 Å². The third-order valence-electron chi connectivity index (χ3n) is 2.81. The highest BCUT2D eigenvalue weighted by Crippen LogP contribution is 2.38.